The number of benzene rings is 2. The van der Waals surface area contributed by atoms with Crippen LogP contribution in [0.3, 0.4) is 0 Å². The maximum atomic E-state index is 13.1. The van der Waals surface area contributed by atoms with Crippen LogP contribution in [0.1, 0.15) is 24.9 Å². The molecule has 7 heteroatoms. The van der Waals surface area contributed by atoms with Gasteiger partial charge in [0.05, 0.1) is 44.3 Å². The summed E-state index contributed by atoms with van der Waals surface area (Å²) in [4.78, 5) is 1.69. The van der Waals surface area contributed by atoms with E-state index in [1.807, 2.05) is 6.07 Å². The van der Waals surface area contributed by atoms with Crippen molar-refractivity contribution >= 4 is 10.0 Å². The predicted octanol–water partition coefficient (Wildman–Crippen LogP) is 1.50. The number of fused-ring (bicyclic) bond motifs is 1. The summed E-state index contributed by atoms with van der Waals surface area (Å²) in [5, 5.41) is 0. The van der Waals surface area contributed by atoms with Gasteiger partial charge in [0.1, 0.15) is 6.04 Å². The van der Waals surface area contributed by atoms with Gasteiger partial charge in [0.25, 0.3) is 0 Å². The molecule has 1 fully saturated rings. The molecule has 0 saturated carbocycles. The second kappa shape index (κ2) is 8.11. The van der Waals surface area contributed by atoms with Gasteiger partial charge in [-0.25, -0.2) is 8.42 Å². The van der Waals surface area contributed by atoms with E-state index in [4.69, 9.17) is 9.47 Å². The fraction of sp³-hybridized carbons (Fsp3) is 0.429. The van der Waals surface area contributed by atoms with E-state index in [2.05, 4.69) is 31.2 Å². The van der Waals surface area contributed by atoms with Crippen LogP contribution in [0.25, 0.3) is 0 Å². The average Bonchev–Trinajstić information content (AvgIpc) is 2.99. The number of quaternary nitrogens is 1. The third-order valence-corrected chi connectivity index (χ3v) is 7.53. The second-order valence-electron chi connectivity index (χ2n) is 7.35. The van der Waals surface area contributed by atoms with E-state index in [1.165, 1.54) is 10.5 Å². The zero-order valence-electron chi connectivity index (χ0n) is 16.1. The SMILES string of the molecule is C[C@@H](c1ccccc1)[NH+]1CCN(S(=O)(=O)c2ccc3c(c2)OCCCO3)CC1. The van der Waals surface area contributed by atoms with Crippen molar-refractivity contribution in [3.63, 3.8) is 0 Å². The minimum Gasteiger partial charge on any atom is -0.490 e. The fourth-order valence-electron chi connectivity index (χ4n) is 3.88. The summed E-state index contributed by atoms with van der Waals surface area (Å²) in [6.45, 7) is 5.95. The molecule has 2 heterocycles. The lowest BCUT2D eigenvalue weighted by Crippen LogP contribution is -3.14. The van der Waals surface area contributed by atoms with Crippen LogP contribution in [0, 0.1) is 0 Å². The molecule has 0 amide bonds. The Labute approximate surface area is 166 Å². The molecule has 1 saturated heterocycles. The second-order valence-corrected chi connectivity index (χ2v) is 9.29. The quantitative estimate of drug-likeness (QED) is 0.841. The molecule has 0 unspecified atom stereocenters. The van der Waals surface area contributed by atoms with Crippen molar-refractivity contribution in [2.24, 2.45) is 0 Å². The summed E-state index contributed by atoms with van der Waals surface area (Å²) in [6, 6.07) is 15.7. The van der Waals surface area contributed by atoms with Gasteiger partial charge in [0.2, 0.25) is 10.0 Å². The van der Waals surface area contributed by atoms with Crippen LogP contribution in [-0.2, 0) is 10.0 Å². The molecule has 2 aromatic carbocycles. The summed E-state index contributed by atoms with van der Waals surface area (Å²) in [5.41, 5.74) is 1.29. The summed E-state index contributed by atoms with van der Waals surface area (Å²) in [5.74, 6) is 1.13. The number of hydrogen-bond acceptors (Lipinski definition) is 4. The Hall–Kier alpha value is -2.09. The zero-order valence-corrected chi connectivity index (χ0v) is 17.0. The lowest BCUT2D eigenvalue weighted by Gasteiger charge is -2.35. The first-order valence-electron chi connectivity index (χ1n) is 9.85. The van der Waals surface area contributed by atoms with Gasteiger partial charge in [-0.3, -0.25) is 0 Å². The molecule has 6 nitrogen and oxygen atoms in total. The molecule has 28 heavy (non-hydrogen) atoms. The molecule has 2 aromatic rings. The molecular weight excluding hydrogens is 376 g/mol. The highest BCUT2D eigenvalue weighted by Crippen LogP contribution is 2.32. The highest BCUT2D eigenvalue weighted by atomic mass is 32.2. The Balaban J connectivity index is 1.46. The van der Waals surface area contributed by atoms with Gasteiger partial charge in [-0.2, -0.15) is 4.31 Å². The van der Waals surface area contributed by atoms with E-state index in [9.17, 15) is 8.42 Å². The van der Waals surface area contributed by atoms with Crippen molar-refractivity contribution in [2.75, 3.05) is 39.4 Å². The normalized spacial score (nSPS) is 19.8. The lowest BCUT2D eigenvalue weighted by atomic mass is 10.1. The minimum absolute atomic E-state index is 0.274. The molecule has 0 aliphatic carbocycles. The van der Waals surface area contributed by atoms with Crippen molar-refractivity contribution < 1.29 is 22.8 Å². The smallest absolute Gasteiger partial charge is 0.243 e. The Kier molecular flexibility index (Phi) is 5.57. The van der Waals surface area contributed by atoms with Gasteiger partial charge < -0.3 is 14.4 Å². The number of hydrogen-bond donors (Lipinski definition) is 1. The van der Waals surface area contributed by atoms with Crippen LogP contribution in [0.15, 0.2) is 53.4 Å². The van der Waals surface area contributed by atoms with E-state index < -0.39 is 10.0 Å². The monoisotopic (exact) mass is 403 g/mol. The van der Waals surface area contributed by atoms with Gasteiger partial charge in [0.15, 0.2) is 11.5 Å². The number of piperazine rings is 1. The van der Waals surface area contributed by atoms with Crippen molar-refractivity contribution in [3.8, 4) is 11.5 Å². The van der Waals surface area contributed by atoms with Gasteiger partial charge >= 0.3 is 0 Å². The van der Waals surface area contributed by atoms with Crippen molar-refractivity contribution in [3.05, 3.63) is 54.1 Å². The molecule has 2 aliphatic rings. The largest absolute Gasteiger partial charge is 0.490 e. The Bertz CT molecular complexity index is 909. The predicted molar refractivity (Wildman–Crippen MR) is 106 cm³/mol. The molecule has 1 atom stereocenters. The number of nitrogens with zero attached hydrogens (tertiary/aromatic N) is 1. The van der Waals surface area contributed by atoms with Crippen molar-refractivity contribution in [1.29, 1.82) is 0 Å². The van der Waals surface area contributed by atoms with E-state index in [0.29, 0.717) is 43.8 Å². The molecule has 0 radical (unpaired) electrons. The molecule has 0 bridgehead atoms. The number of rotatable bonds is 4. The van der Waals surface area contributed by atoms with Crippen LogP contribution in [0.2, 0.25) is 0 Å². The first-order chi connectivity index (χ1) is 13.6. The Morgan fingerprint density at radius 1 is 0.964 bits per heavy atom. The lowest BCUT2D eigenvalue weighted by molar-refractivity contribution is -0.933. The minimum atomic E-state index is -3.54. The number of nitrogens with one attached hydrogen (secondary N) is 1. The van der Waals surface area contributed by atoms with Gasteiger partial charge in [-0.1, -0.05) is 30.3 Å². The molecule has 1 N–H and O–H groups in total. The summed E-state index contributed by atoms with van der Waals surface area (Å²) in [6.07, 6.45) is 0.793. The van der Waals surface area contributed by atoms with Crippen LogP contribution in [0.4, 0.5) is 0 Å². The van der Waals surface area contributed by atoms with E-state index >= 15 is 0 Å². The van der Waals surface area contributed by atoms with Crippen molar-refractivity contribution in [1.82, 2.24) is 4.31 Å². The number of ether oxygens (including phenoxy) is 2. The van der Waals surface area contributed by atoms with Gasteiger partial charge in [-0.15, -0.1) is 0 Å². The summed E-state index contributed by atoms with van der Waals surface area (Å²) in [7, 11) is -3.54. The third kappa shape index (κ3) is 3.87. The van der Waals surface area contributed by atoms with Crippen LogP contribution in [0.5, 0.6) is 11.5 Å². The van der Waals surface area contributed by atoms with Crippen LogP contribution >= 0.6 is 0 Å². The maximum absolute atomic E-state index is 13.1. The Morgan fingerprint density at radius 3 is 2.36 bits per heavy atom. The number of sulfonamides is 1. The molecule has 0 spiro atoms. The van der Waals surface area contributed by atoms with Crippen molar-refractivity contribution in [2.45, 2.75) is 24.3 Å². The first-order valence-corrected chi connectivity index (χ1v) is 11.3. The average molecular weight is 404 g/mol. The maximum Gasteiger partial charge on any atom is 0.243 e. The standard InChI is InChI=1S/C21H26N2O4S/c1-17(18-6-3-2-4-7-18)22-10-12-23(13-11-22)28(24,25)19-8-9-20-21(16-19)27-15-5-14-26-20/h2-4,6-9,16-17H,5,10-15H2,1H3/p+1/t17-/m0/s1. The molecule has 150 valence electrons. The first kappa shape index (κ1) is 19.2. The Morgan fingerprint density at radius 2 is 1.64 bits per heavy atom. The van der Waals surface area contributed by atoms with Crippen LogP contribution < -0.4 is 14.4 Å². The highest BCUT2D eigenvalue weighted by molar-refractivity contribution is 7.89. The molecule has 4 rings (SSSR count). The van der Waals surface area contributed by atoms with E-state index in [-0.39, 0.29) is 4.90 Å². The van der Waals surface area contributed by atoms with Crippen LogP contribution in [-0.4, -0.2) is 52.1 Å². The summed E-state index contributed by atoms with van der Waals surface area (Å²) >= 11 is 0. The molecule has 2 aliphatic heterocycles. The molecule has 0 aromatic heterocycles. The summed E-state index contributed by atoms with van der Waals surface area (Å²) < 4.78 is 39.1. The highest BCUT2D eigenvalue weighted by Gasteiger charge is 2.33. The molecular formula is C21H27N2O4S+. The third-order valence-electron chi connectivity index (χ3n) is 5.63. The topological polar surface area (TPSA) is 60.3 Å². The fourth-order valence-corrected chi connectivity index (χ4v) is 5.33. The van der Waals surface area contributed by atoms with E-state index in [0.717, 1.165) is 19.5 Å². The van der Waals surface area contributed by atoms with Gasteiger partial charge in [-0.05, 0) is 19.1 Å². The van der Waals surface area contributed by atoms with E-state index in [1.54, 1.807) is 22.5 Å². The van der Waals surface area contributed by atoms with Gasteiger partial charge in [0, 0.05) is 18.1 Å². The zero-order chi connectivity index (χ0) is 19.6.